The van der Waals surface area contributed by atoms with Crippen molar-refractivity contribution in [2.75, 3.05) is 45.8 Å². The zero-order valence-corrected chi connectivity index (χ0v) is 16.9. The topological polar surface area (TPSA) is 70.2 Å². The van der Waals surface area contributed by atoms with E-state index in [-0.39, 0.29) is 23.9 Å². The van der Waals surface area contributed by atoms with E-state index in [9.17, 15) is 13.2 Å². The molecular weight excluding hydrogens is 366 g/mol. The van der Waals surface area contributed by atoms with Gasteiger partial charge in [0.05, 0.1) is 24.5 Å². The molecule has 0 saturated carbocycles. The number of sulfonamides is 1. The number of rotatable bonds is 5. The first-order valence-electron chi connectivity index (χ1n) is 9.51. The van der Waals surface area contributed by atoms with Crippen LogP contribution in [-0.2, 0) is 25.3 Å². The Labute approximate surface area is 161 Å². The van der Waals surface area contributed by atoms with Gasteiger partial charge in [0, 0.05) is 39.3 Å². The van der Waals surface area contributed by atoms with Crippen LogP contribution < -0.4 is 0 Å². The molecule has 0 aromatic heterocycles. The molecule has 0 unspecified atom stereocenters. The zero-order chi connectivity index (χ0) is 19.4. The lowest BCUT2D eigenvalue weighted by molar-refractivity contribution is -0.137. The predicted molar refractivity (Wildman–Crippen MR) is 104 cm³/mol. The van der Waals surface area contributed by atoms with Gasteiger partial charge in [0.15, 0.2) is 0 Å². The van der Waals surface area contributed by atoms with Gasteiger partial charge in [-0.2, -0.15) is 4.31 Å². The van der Waals surface area contributed by atoms with E-state index >= 15 is 0 Å². The van der Waals surface area contributed by atoms with Crippen LogP contribution in [0.1, 0.15) is 19.4 Å². The summed E-state index contributed by atoms with van der Waals surface area (Å²) in [6, 6.07) is 9.20. The van der Waals surface area contributed by atoms with Crippen molar-refractivity contribution in [3.8, 4) is 0 Å². The van der Waals surface area contributed by atoms with E-state index in [1.807, 2.05) is 44.2 Å². The van der Waals surface area contributed by atoms with Crippen LogP contribution in [0.25, 0.3) is 0 Å². The molecule has 1 aromatic carbocycles. The maximum absolute atomic E-state index is 12.6. The first-order chi connectivity index (χ1) is 12.8. The summed E-state index contributed by atoms with van der Waals surface area (Å²) in [5, 5.41) is 0. The molecule has 2 fully saturated rings. The number of hydrogen-bond acceptors (Lipinski definition) is 5. The van der Waals surface area contributed by atoms with Crippen LogP contribution in [-0.4, -0.2) is 86.5 Å². The number of ether oxygens (including phenoxy) is 1. The van der Waals surface area contributed by atoms with Crippen LogP contribution in [0.5, 0.6) is 0 Å². The van der Waals surface area contributed by atoms with E-state index in [2.05, 4.69) is 4.90 Å². The third-order valence-corrected chi connectivity index (χ3v) is 6.88. The minimum atomic E-state index is -3.36. The molecule has 0 bridgehead atoms. The first-order valence-corrected chi connectivity index (χ1v) is 11.1. The first kappa shape index (κ1) is 20.3. The molecule has 1 amide bonds. The second kappa shape index (κ2) is 8.68. The Hall–Kier alpha value is -1.48. The smallest absolute Gasteiger partial charge is 0.236 e. The van der Waals surface area contributed by atoms with E-state index in [0.717, 1.165) is 18.7 Å². The van der Waals surface area contributed by atoms with Gasteiger partial charge in [-0.1, -0.05) is 30.3 Å². The van der Waals surface area contributed by atoms with Crippen molar-refractivity contribution in [2.24, 2.45) is 0 Å². The molecule has 0 aliphatic carbocycles. The van der Waals surface area contributed by atoms with Crippen molar-refractivity contribution >= 4 is 15.9 Å². The molecule has 7 nitrogen and oxygen atoms in total. The summed E-state index contributed by atoms with van der Waals surface area (Å²) in [7, 11) is -3.36. The monoisotopic (exact) mass is 395 g/mol. The summed E-state index contributed by atoms with van der Waals surface area (Å²) in [4.78, 5) is 16.5. The highest BCUT2D eigenvalue weighted by atomic mass is 32.2. The Kier molecular flexibility index (Phi) is 6.52. The third-order valence-electron chi connectivity index (χ3n) is 5.03. The fourth-order valence-corrected chi connectivity index (χ4v) is 5.31. The highest BCUT2D eigenvalue weighted by molar-refractivity contribution is 7.88. The molecular formula is C19H29N3O4S. The molecule has 3 rings (SSSR count). The van der Waals surface area contributed by atoms with E-state index < -0.39 is 10.0 Å². The van der Waals surface area contributed by atoms with E-state index in [4.69, 9.17) is 4.74 Å². The Morgan fingerprint density at radius 3 is 2.22 bits per heavy atom. The average Bonchev–Trinajstić information content (AvgIpc) is 2.61. The molecule has 0 N–H and O–H groups in total. The van der Waals surface area contributed by atoms with Crippen LogP contribution in [0, 0.1) is 0 Å². The number of carbonyl (C=O) groups excluding carboxylic acids is 1. The quantitative estimate of drug-likeness (QED) is 0.737. The maximum atomic E-state index is 12.6. The summed E-state index contributed by atoms with van der Waals surface area (Å²) in [5.74, 6) is 0.0714. The molecule has 2 heterocycles. The maximum Gasteiger partial charge on any atom is 0.236 e. The van der Waals surface area contributed by atoms with Gasteiger partial charge in [0.1, 0.15) is 0 Å². The second-order valence-electron chi connectivity index (χ2n) is 7.47. The lowest BCUT2D eigenvalue weighted by Gasteiger charge is -2.38. The number of morpholine rings is 1. The van der Waals surface area contributed by atoms with Crippen molar-refractivity contribution in [3.05, 3.63) is 35.9 Å². The van der Waals surface area contributed by atoms with Gasteiger partial charge in [-0.05, 0) is 19.4 Å². The van der Waals surface area contributed by atoms with Crippen molar-refractivity contribution in [3.63, 3.8) is 0 Å². The van der Waals surface area contributed by atoms with E-state index in [0.29, 0.717) is 32.7 Å². The van der Waals surface area contributed by atoms with Crippen LogP contribution in [0.2, 0.25) is 0 Å². The molecule has 2 atom stereocenters. The van der Waals surface area contributed by atoms with Gasteiger partial charge in [0.25, 0.3) is 0 Å². The second-order valence-corrected chi connectivity index (χ2v) is 9.44. The van der Waals surface area contributed by atoms with Crippen molar-refractivity contribution in [1.82, 2.24) is 14.1 Å². The lowest BCUT2D eigenvalue weighted by Crippen LogP contribution is -2.54. The van der Waals surface area contributed by atoms with Gasteiger partial charge < -0.3 is 9.64 Å². The predicted octanol–water partition coefficient (Wildman–Crippen LogP) is 0.770. The minimum absolute atomic E-state index is 0.00530. The van der Waals surface area contributed by atoms with E-state index in [1.54, 1.807) is 4.90 Å². The summed E-state index contributed by atoms with van der Waals surface area (Å²) >= 11 is 0. The highest BCUT2D eigenvalue weighted by Crippen LogP contribution is 2.15. The molecule has 1 aromatic rings. The molecule has 150 valence electrons. The minimum Gasteiger partial charge on any atom is -0.373 e. The largest absolute Gasteiger partial charge is 0.373 e. The van der Waals surface area contributed by atoms with E-state index in [1.165, 1.54) is 4.31 Å². The molecule has 2 aliphatic rings. The molecule has 27 heavy (non-hydrogen) atoms. The van der Waals surface area contributed by atoms with Gasteiger partial charge in [-0.25, -0.2) is 8.42 Å². The molecule has 0 radical (unpaired) electrons. The Bertz CT molecular complexity index is 723. The number of nitrogens with zero attached hydrogens (tertiary/aromatic N) is 3. The van der Waals surface area contributed by atoms with Crippen LogP contribution >= 0.6 is 0 Å². The Morgan fingerprint density at radius 2 is 1.63 bits per heavy atom. The average molecular weight is 396 g/mol. The van der Waals surface area contributed by atoms with Crippen LogP contribution in [0.4, 0.5) is 0 Å². The summed E-state index contributed by atoms with van der Waals surface area (Å²) < 4.78 is 32.4. The Morgan fingerprint density at radius 1 is 1.04 bits per heavy atom. The summed E-state index contributed by atoms with van der Waals surface area (Å²) in [6.45, 7) is 7.52. The molecule has 2 saturated heterocycles. The zero-order valence-electron chi connectivity index (χ0n) is 16.1. The van der Waals surface area contributed by atoms with Crippen molar-refractivity contribution in [1.29, 1.82) is 0 Å². The number of piperazine rings is 1. The SMILES string of the molecule is C[C@@H]1CN(CC(=O)N2CCN(S(=O)(=O)Cc3ccccc3)CC2)C[C@@H](C)O1. The van der Waals surface area contributed by atoms with Crippen molar-refractivity contribution in [2.45, 2.75) is 31.8 Å². The fourth-order valence-electron chi connectivity index (χ4n) is 3.80. The third kappa shape index (κ3) is 5.51. The number of amides is 1. The van der Waals surface area contributed by atoms with Gasteiger partial charge in [0.2, 0.25) is 15.9 Å². The number of benzene rings is 1. The number of carbonyl (C=O) groups is 1. The standard InChI is InChI=1S/C19H29N3O4S/c1-16-12-20(13-17(2)26-16)14-19(23)21-8-10-22(11-9-21)27(24,25)15-18-6-4-3-5-7-18/h3-7,16-17H,8-15H2,1-2H3/t16-,17-/m1/s1. The summed E-state index contributed by atoms with van der Waals surface area (Å²) in [6.07, 6.45) is 0.253. The normalized spacial score (nSPS) is 25.5. The molecule has 0 spiro atoms. The van der Waals surface area contributed by atoms with Gasteiger partial charge in [-0.15, -0.1) is 0 Å². The summed E-state index contributed by atoms with van der Waals surface area (Å²) in [5.41, 5.74) is 0.784. The highest BCUT2D eigenvalue weighted by Gasteiger charge is 2.30. The molecule has 8 heteroatoms. The van der Waals surface area contributed by atoms with Gasteiger partial charge in [-0.3, -0.25) is 9.69 Å². The van der Waals surface area contributed by atoms with Crippen molar-refractivity contribution < 1.29 is 17.9 Å². The lowest BCUT2D eigenvalue weighted by atomic mass is 10.2. The van der Waals surface area contributed by atoms with Crippen LogP contribution in [0.15, 0.2) is 30.3 Å². The van der Waals surface area contributed by atoms with Gasteiger partial charge >= 0.3 is 0 Å². The Balaban J connectivity index is 1.50. The van der Waals surface area contributed by atoms with Crippen LogP contribution in [0.3, 0.4) is 0 Å². The fraction of sp³-hybridized carbons (Fsp3) is 0.632. The molecule has 2 aliphatic heterocycles. The number of hydrogen-bond donors (Lipinski definition) is 0.